The van der Waals surface area contributed by atoms with E-state index in [1.54, 1.807) is 43.8 Å². The molecular weight excluding hydrogens is 276 g/mol. The molecular formula is C13H18N4O2S. The minimum absolute atomic E-state index is 0.194. The molecule has 0 unspecified atom stereocenters. The van der Waals surface area contributed by atoms with Crippen molar-refractivity contribution < 1.29 is 8.42 Å². The minimum atomic E-state index is -3.70. The highest BCUT2D eigenvalue weighted by Crippen LogP contribution is 2.25. The quantitative estimate of drug-likeness (QED) is 0.844. The second-order valence-corrected chi connectivity index (χ2v) is 6.44. The number of aromatic nitrogens is 2. The van der Waals surface area contributed by atoms with E-state index in [1.807, 2.05) is 6.92 Å². The highest BCUT2D eigenvalue weighted by atomic mass is 32.2. The second-order valence-electron chi connectivity index (χ2n) is 4.82. The lowest BCUT2D eigenvalue weighted by Crippen LogP contribution is -2.16. The van der Waals surface area contributed by atoms with Gasteiger partial charge >= 0.3 is 0 Å². The van der Waals surface area contributed by atoms with Crippen molar-refractivity contribution >= 4 is 21.4 Å². The van der Waals surface area contributed by atoms with Crippen LogP contribution in [0.2, 0.25) is 0 Å². The Kier molecular flexibility index (Phi) is 3.47. The van der Waals surface area contributed by atoms with Gasteiger partial charge in [-0.15, -0.1) is 0 Å². The Bertz CT molecular complexity index is 763. The van der Waals surface area contributed by atoms with Gasteiger partial charge in [-0.25, -0.2) is 8.42 Å². The Morgan fingerprint density at radius 1 is 1.25 bits per heavy atom. The van der Waals surface area contributed by atoms with E-state index in [2.05, 4.69) is 9.82 Å². The first-order chi connectivity index (χ1) is 9.22. The summed E-state index contributed by atoms with van der Waals surface area (Å²) in [6, 6.07) is 5.18. The van der Waals surface area contributed by atoms with Gasteiger partial charge in [0.1, 0.15) is 4.90 Å². The molecule has 0 aliphatic carbocycles. The smallest absolute Gasteiger partial charge is 0.265 e. The summed E-state index contributed by atoms with van der Waals surface area (Å²) in [6.45, 7) is 5.27. The highest BCUT2D eigenvalue weighted by Gasteiger charge is 2.24. The van der Waals surface area contributed by atoms with Crippen LogP contribution in [0.15, 0.2) is 23.1 Å². The van der Waals surface area contributed by atoms with Gasteiger partial charge in [0.05, 0.1) is 22.8 Å². The number of nitrogens with one attached hydrogen (secondary N) is 1. The minimum Gasteiger partial charge on any atom is -0.397 e. The summed E-state index contributed by atoms with van der Waals surface area (Å²) in [7, 11) is -1.99. The third-order valence-corrected chi connectivity index (χ3v) is 4.78. The van der Waals surface area contributed by atoms with Gasteiger partial charge < -0.3 is 5.73 Å². The predicted molar refractivity (Wildman–Crippen MR) is 79.1 cm³/mol. The predicted octanol–water partition coefficient (Wildman–Crippen LogP) is 1.73. The molecule has 1 aromatic heterocycles. The average Bonchev–Trinajstić information content (AvgIpc) is 2.57. The Morgan fingerprint density at radius 2 is 1.90 bits per heavy atom. The van der Waals surface area contributed by atoms with Crippen molar-refractivity contribution in [2.24, 2.45) is 7.05 Å². The fourth-order valence-electron chi connectivity index (χ4n) is 2.11. The van der Waals surface area contributed by atoms with Crippen molar-refractivity contribution in [2.75, 3.05) is 10.5 Å². The molecule has 1 heterocycles. The average molecular weight is 294 g/mol. The van der Waals surface area contributed by atoms with Crippen LogP contribution < -0.4 is 10.5 Å². The largest absolute Gasteiger partial charge is 0.397 e. The van der Waals surface area contributed by atoms with Gasteiger partial charge in [-0.05, 0) is 38.5 Å². The number of benzene rings is 1. The van der Waals surface area contributed by atoms with Crippen LogP contribution in [-0.4, -0.2) is 18.2 Å². The van der Waals surface area contributed by atoms with Crippen LogP contribution in [0.4, 0.5) is 11.4 Å². The Hall–Kier alpha value is -2.02. The fraction of sp³-hybridized carbons (Fsp3) is 0.308. The number of sulfonamides is 1. The maximum Gasteiger partial charge on any atom is 0.265 e. The number of hydrogen-bond donors (Lipinski definition) is 2. The number of aryl methyl sites for hydroxylation is 3. The lowest BCUT2D eigenvalue weighted by Gasteiger charge is -2.11. The van der Waals surface area contributed by atoms with E-state index in [9.17, 15) is 8.42 Å². The zero-order chi connectivity index (χ0) is 15.1. The number of anilines is 2. The molecule has 0 spiro atoms. The Morgan fingerprint density at radius 3 is 2.40 bits per heavy atom. The molecule has 0 radical (unpaired) electrons. The van der Waals surface area contributed by atoms with Gasteiger partial charge in [0.25, 0.3) is 10.0 Å². The van der Waals surface area contributed by atoms with E-state index in [1.165, 1.54) is 0 Å². The van der Waals surface area contributed by atoms with Crippen LogP contribution in [0.25, 0.3) is 0 Å². The van der Waals surface area contributed by atoms with Crippen molar-refractivity contribution in [3.05, 3.63) is 35.2 Å². The molecule has 3 N–H and O–H groups in total. The van der Waals surface area contributed by atoms with Crippen molar-refractivity contribution in [2.45, 2.75) is 25.7 Å². The molecule has 0 bridgehead atoms. The van der Waals surface area contributed by atoms with Crippen molar-refractivity contribution in [3.8, 4) is 0 Å². The van der Waals surface area contributed by atoms with E-state index in [-0.39, 0.29) is 4.90 Å². The molecule has 0 amide bonds. The fourth-order valence-corrected chi connectivity index (χ4v) is 3.64. The summed E-state index contributed by atoms with van der Waals surface area (Å²) >= 11 is 0. The summed E-state index contributed by atoms with van der Waals surface area (Å²) < 4.78 is 29.0. The van der Waals surface area contributed by atoms with E-state index < -0.39 is 10.0 Å². The maximum atomic E-state index is 12.5. The normalized spacial score (nSPS) is 11.6. The summed E-state index contributed by atoms with van der Waals surface area (Å²) in [5.74, 6) is 0. The number of nitrogens with zero attached hydrogens (tertiary/aromatic N) is 2. The van der Waals surface area contributed by atoms with E-state index >= 15 is 0 Å². The molecule has 7 heteroatoms. The first-order valence-corrected chi connectivity index (χ1v) is 7.60. The van der Waals surface area contributed by atoms with Crippen LogP contribution >= 0.6 is 0 Å². The van der Waals surface area contributed by atoms with Gasteiger partial charge in [0, 0.05) is 7.05 Å². The van der Waals surface area contributed by atoms with E-state index in [0.29, 0.717) is 22.8 Å². The number of nitrogens with two attached hydrogens (primary N) is 1. The van der Waals surface area contributed by atoms with Gasteiger partial charge in [0.15, 0.2) is 0 Å². The van der Waals surface area contributed by atoms with Gasteiger partial charge in [-0.1, -0.05) is 6.07 Å². The van der Waals surface area contributed by atoms with Crippen LogP contribution in [0.5, 0.6) is 0 Å². The van der Waals surface area contributed by atoms with Gasteiger partial charge in [0.2, 0.25) is 0 Å². The SMILES string of the molecule is Cc1ccc(NS(=O)(=O)c2c(C)nn(C)c2C)c(N)c1. The first kappa shape index (κ1) is 14.4. The molecule has 6 nitrogen and oxygen atoms in total. The summed E-state index contributed by atoms with van der Waals surface area (Å²) in [5, 5.41) is 4.12. The Labute approximate surface area is 118 Å². The van der Waals surface area contributed by atoms with Crippen molar-refractivity contribution in [3.63, 3.8) is 0 Å². The van der Waals surface area contributed by atoms with Gasteiger partial charge in [-0.2, -0.15) is 5.10 Å². The summed E-state index contributed by atoms with van der Waals surface area (Å²) in [5.41, 5.74) is 8.63. The molecule has 2 rings (SSSR count). The van der Waals surface area contributed by atoms with Crippen LogP contribution in [0.3, 0.4) is 0 Å². The summed E-state index contributed by atoms with van der Waals surface area (Å²) in [6.07, 6.45) is 0. The number of hydrogen-bond acceptors (Lipinski definition) is 4. The number of nitrogen functional groups attached to an aromatic ring is 1. The molecule has 20 heavy (non-hydrogen) atoms. The molecule has 108 valence electrons. The topological polar surface area (TPSA) is 90.0 Å². The molecule has 0 saturated carbocycles. The van der Waals surface area contributed by atoms with E-state index in [0.717, 1.165) is 5.56 Å². The third kappa shape index (κ3) is 2.49. The molecule has 0 atom stereocenters. The van der Waals surface area contributed by atoms with Crippen molar-refractivity contribution in [1.29, 1.82) is 0 Å². The standard InChI is InChI=1S/C13H18N4O2S/c1-8-5-6-12(11(14)7-8)16-20(18,19)13-9(2)15-17(4)10(13)3/h5-7,16H,14H2,1-4H3. The molecule has 0 aliphatic heterocycles. The molecule has 0 aliphatic rings. The molecule has 2 aromatic rings. The van der Waals surface area contributed by atoms with Crippen molar-refractivity contribution in [1.82, 2.24) is 9.78 Å². The lowest BCUT2D eigenvalue weighted by molar-refractivity contribution is 0.599. The molecule has 0 saturated heterocycles. The van der Waals surface area contributed by atoms with Gasteiger partial charge in [-0.3, -0.25) is 9.40 Å². The maximum absolute atomic E-state index is 12.5. The zero-order valence-electron chi connectivity index (χ0n) is 11.9. The zero-order valence-corrected chi connectivity index (χ0v) is 12.7. The monoisotopic (exact) mass is 294 g/mol. The van der Waals surface area contributed by atoms with E-state index in [4.69, 9.17) is 5.73 Å². The second kappa shape index (κ2) is 4.82. The van der Waals surface area contributed by atoms with Crippen LogP contribution in [-0.2, 0) is 17.1 Å². The first-order valence-electron chi connectivity index (χ1n) is 6.11. The molecule has 1 aromatic carbocycles. The number of rotatable bonds is 3. The van der Waals surface area contributed by atoms with Crippen LogP contribution in [0.1, 0.15) is 17.0 Å². The lowest BCUT2D eigenvalue weighted by atomic mass is 10.2. The Balaban J connectivity index is 2.46. The summed E-state index contributed by atoms with van der Waals surface area (Å²) in [4.78, 5) is 0.194. The molecule has 0 fully saturated rings. The highest BCUT2D eigenvalue weighted by molar-refractivity contribution is 7.92. The van der Waals surface area contributed by atoms with Crippen LogP contribution in [0, 0.1) is 20.8 Å². The third-order valence-electron chi connectivity index (χ3n) is 3.16.